The highest BCUT2D eigenvalue weighted by Gasteiger charge is 2.39. The lowest BCUT2D eigenvalue weighted by Gasteiger charge is -2.30. The number of carbonyl (C=O) groups excluding carboxylic acids is 3. The van der Waals surface area contributed by atoms with E-state index in [1.807, 2.05) is 34.7 Å². The van der Waals surface area contributed by atoms with Gasteiger partial charge >= 0.3 is 18.0 Å². The van der Waals surface area contributed by atoms with Crippen LogP contribution in [0.5, 0.6) is 23.0 Å². The lowest BCUT2D eigenvalue weighted by Crippen LogP contribution is -2.36. The molecule has 24 heteroatoms. The van der Waals surface area contributed by atoms with E-state index >= 15 is 0 Å². The zero-order valence-corrected chi connectivity index (χ0v) is 37.0. The number of nitrogens with two attached hydrogens (primary N) is 1. The van der Waals surface area contributed by atoms with Crippen molar-refractivity contribution in [2.24, 2.45) is 0 Å². The number of ether oxygens (including phenoxy) is 6. The molecule has 2 amide bonds. The summed E-state index contributed by atoms with van der Waals surface area (Å²) in [6.07, 6.45) is 0. The number of rotatable bonds is 7. The Labute approximate surface area is 381 Å². The van der Waals surface area contributed by atoms with Crippen LogP contribution in [0, 0.1) is 22.7 Å². The SMILES string of the molecule is CCOC(=O)c1sc2[nH]c(=O)c(C#N)c(Nc3c(Cl)ccc4c3OCO4)c2c1N.CCOC(=O)c1sc2[nH]c(=O)c(C#N)c3c2c1NC(=O)N3c1c(Cl)ccc2c1OCO2.[2H]CI. The van der Waals surface area contributed by atoms with Crippen molar-refractivity contribution in [2.75, 3.05) is 53.0 Å². The van der Waals surface area contributed by atoms with E-state index in [1.54, 1.807) is 32.0 Å². The van der Waals surface area contributed by atoms with Crippen LogP contribution in [0.4, 0.5) is 38.9 Å². The number of H-pyrrole nitrogens is 2. The summed E-state index contributed by atoms with van der Waals surface area (Å²) < 4.78 is 38.0. The van der Waals surface area contributed by atoms with Crippen LogP contribution in [0.1, 0.15) is 45.7 Å². The summed E-state index contributed by atoms with van der Waals surface area (Å²) in [5, 5.41) is 26.0. The van der Waals surface area contributed by atoms with Gasteiger partial charge in [-0.25, -0.2) is 14.4 Å². The van der Waals surface area contributed by atoms with Gasteiger partial charge in [-0.2, -0.15) is 10.5 Å². The maximum absolute atomic E-state index is 13.3. The number of pyridine rings is 2. The number of alkyl halides is 1. The number of urea groups is 1. The van der Waals surface area contributed by atoms with Gasteiger partial charge in [0, 0.05) is 1.37 Å². The summed E-state index contributed by atoms with van der Waals surface area (Å²) in [6, 6.07) is 9.32. The summed E-state index contributed by atoms with van der Waals surface area (Å²) in [5.74, 6) is 0.0793. The van der Waals surface area contributed by atoms with E-state index in [-0.39, 0.29) is 91.9 Å². The first-order chi connectivity index (χ1) is 30.3. The zero-order valence-electron chi connectivity index (χ0n) is 32.7. The van der Waals surface area contributed by atoms with E-state index in [4.69, 9.17) is 58.7 Å². The van der Waals surface area contributed by atoms with Gasteiger partial charge in [0.15, 0.2) is 23.0 Å². The predicted molar refractivity (Wildman–Crippen MR) is 240 cm³/mol. The molecule has 19 nitrogen and oxygen atoms in total. The maximum Gasteiger partial charge on any atom is 0.350 e. The molecule has 0 spiro atoms. The number of halogens is 3. The molecule has 318 valence electrons. The standard InChI is InChI=1S/C19H11ClN4O6S.C18H13ClN4O5S.CH3I/c1-2-28-18(26)15-11-10-12(7(5-21)16(25)23-17(10)31-15)24(19(27)22-11)13-8(20)3-4-9-14(13)30-6-29-9;1-2-26-18(25)15-11(21)10-12(7(5-20)16(24)23-17(10)29-15)22-13-8(19)3-4-9-14(13)28-6-27-9;1-2/h3-4H,2,6H2,1H3,(H,22,27)(H,23,25);3-4H,2,6,21H2,1H3,(H2,22,23,24);1H3/i;;1D. The lowest BCUT2D eigenvalue weighted by atomic mass is 10.1. The third kappa shape index (κ3) is 7.38. The quantitative estimate of drug-likeness (QED) is 0.0574. The normalized spacial score (nSPS) is 12.9. The molecule has 0 unspecified atom stereocenters. The molecule has 3 aliphatic rings. The summed E-state index contributed by atoms with van der Waals surface area (Å²) >= 11 is 16.6. The zero-order chi connectivity index (χ0) is 45.3. The summed E-state index contributed by atoms with van der Waals surface area (Å²) in [4.78, 5) is 70.6. The number of nitrogens with one attached hydrogen (secondary N) is 4. The second kappa shape index (κ2) is 17.9. The van der Waals surface area contributed by atoms with E-state index in [0.717, 1.165) is 27.6 Å². The largest absolute Gasteiger partial charge is 0.462 e. The highest BCUT2D eigenvalue weighted by atomic mass is 127. The molecule has 7 heterocycles. The molecule has 0 atom stereocenters. The Morgan fingerprint density at radius 1 is 0.855 bits per heavy atom. The van der Waals surface area contributed by atoms with Crippen LogP contribution < -0.4 is 51.3 Å². The molecule has 9 rings (SSSR count). The van der Waals surface area contributed by atoms with Crippen LogP contribution in [0.3, 0.4) is 0 Å². The number of thiophene rings is 2. The number of benzene rings is 2. The molecule has 62 heavy (non-hydrogen) atoms. The van der Waals surface area contributed by atoms with Crippen LogP contribution in [0.15, 0.2) is 33.9 Å². The van der Waals surface area contributed by atoms with Crippen LogP contribution in [-0.2, 0) is 9.47 Å². The van der Waals surface area contributed by atoms with E-state index < -0.39 is 29.1 Å². The van der Waals surface area contributed by atoms with Crippen molar-refractivity contribution in [3.05, 3.63) is 75.9 Å². The summed E-state index contributed by atoms with van der Waals surface area (Å²) in [6.45, 7) is 3.55. The van der Waals surface area contributed by atoms with Gasteiger partial charge in [0.25, 0.3) is 11.1 Å². The van der Waals surface area contributed by atoms with Gasteiger partial charge in [-0.15, -0.1) is 22.7 Å². The molecule has 0 radical (unpaired) electrons. The molecule has 0 fully saturated rings. The first-order valence-corrected chi connectivity index (χ1v) is 21.5. The summed E-state index contributed by atoms with van der Waals surface area (Å²) in [7, 11) is 0. The minimum Gasteiger partial charge on any atom is -0.462 e. The van der Waals surface area contributed by atoms with Crippen molar-refractivity contribution in [1.82, 2.24) is 9.97 Å². The second-order valence-corrected chi connectivity index (χ2v) is 15.1. The monoisotopic (exact) mass is 1030 g/mol. The number of fused-ring (bicyclic) bond motifs is 3. The van der Waals surface area contributed by atoms with Crippen LogP contribution in [0.25, 0.3) is 20.4 Å². The number of hydrogen-bond donors (Lipinski definition) is 5. The van der Waals surface area contributed by atoms with Crippen molar-refractivity contribution < 1.29 is 44.2 Å². The molecule has 0 saturated carbocycles. The van der Waals surface area contributed by atoms with Gasteiger partial charge in [0.2, 0.25) is 13.6 Å². The number of nitriles is 2. The second-order valence-electron chi connectivity index (χ2n) is 12.3. The molecular weight excluding hydrogens is 1010 g/mol. The molecule has 2 aromatic carbocycles. The highest BCUT2D eigenvalue weighted by Crippen LogP contribution is 2.53. The third-order valence-electron chi connectivity index (χ3n) is 8.96. The number of aromatic amines is 2. The Balaban J connectivity index is 0.000000178. The van der Waals surface area contributed by atoms with Gasteiger partial charge in [0.05, 0.1) is 56.8 Å². The number of amides is 2. The van der Waals surface area contributed by atoms with Crippen LogP contribution in [-0.4, -0.2) is 59.6 Å². The molecule has 0 aliphatic carbocycles. The van der Waals surface area contributed by atoms with Crippen LogP contribution in [0.2, 0.25) is 10.0 Å². The van der Waals surface area contributed by atoms with Gasteiger partial charge in [-0.1, -0.05) is 45.8 Å². The predicted octanol–water partition coefficient (Wildman–Crippen LogP) is 8.10. The fourth-order valence-electron chi connectivity index (χ4n) is 6.50. The van der Waals surface area contributed by atoms with Gasteiger partial charge in [0.1, 0.15) is 54.1 Å². The first-order valence-electron chi connectivity index (χ1n) is 18.3. The van der Waals surface area contributed by atoms with Gasteiger partial charge in [-0.3, -0.25) is 14.5 Å². The molecule has 0 saturated heterocycles. The molecule has 0 bridgehead atoms. The molecular formula is C38H27Cl2IN8O11S2. The average Bonchev–Trinajstić information content (AvgIpc) is 4.06. The van der Waals surface area contributed by atoms with E-state index in [9.17, 15) is 34.5 Å². The number of esters is 2. The first kappa shape index (κ1) is 42.3. The van der Waals surface area contributed by atoms with E-state index in [1.165, 1.54) is 6.07 Å². The Morgan fingerprint density at radius 3 is 2.03 bits per heavy atom. The minimum absolute atomic E-state index is 0.00222. The number of carbonyl (C=O) groups is 3. The number of hydrogen-bond acceptors (Lipinski definition) is 17. The van der Waals surface area contributed by atoms with Gasteiger partial charge in [-0.05, 0) is 43.0 Å². The number of aromatic nitrogens is 2. The van der Waals surface area contributed by atoms with Crippen molar-refractivity contribution in [3.8, 4) is 35.1 Å². The van der Waals surface area contributed by atoms with Gasteiger partial charge < -0.3 is 54.8 Å². The minimum atomic E-state index is -0.731. The molecule has 6 aromatic rings. The smallest absolute Gasteiger partial charge is 0.350 e. The lowest BCUT2D eigenvalue weighted by molar-refractivity contribution is 0.0523. The Bertz CT molecular complexity index is 3110. The number of anilines is 6. The molecule has 3 aliphatic heterocycles. The number of nitrogen functional groups attached to an aromatic ring is 1. The topological polar surface area (TPSA) is 273 Å². The maximum atomic E-state index is 13.3. The van der Waals surface area contributed by atoms with Crippen molar-refractivity contribution in [2.45, 2.75) is 13.8 Å². The summed E-state index contributed by atoms with van der Waals surface area (Å²) in [5.41, 5.74) is 5.09. The highest BCUT2D eigenvalue weighted by molar-refractivity contribution is 14.1. The number of nitrogens with zero attached hydrogens (tertiary/aromatic N) is 3. The van der Waals surface area contributed by atoms with E-state index in [0.29, 0.717) is 48.3 Å². The fourth-order valence-corrected chi connectivity index (χ4v) is 9.00. The molecule has 6 N–H and O–H groups in total. The van der Waals surface area contributed by atoms with Crippen molar-refractivity contribution in [3.63, 3.8) is 0 Å². The van der Waals surface area contributed by atoms with Crippen molar-refractivity contribution in [1.29, 1.82) is 10.5 Å². The average molecular weight is 1030 g/mol. The molecule has 4 aromatic heterocycles. The van der Waals surface area contributed by atoms with Crippen LogP contribution >= 0.6 is 68.5 Å². The van der Waals surface area contributed by atoms with E-state index in [2.05, 4.69) is 20.6 Å². The Kier molecular flexibility index (Phi) is 12.2. The van der Waals surface area contributed by atoms with Crippen molar-refractivity contribution >= 4 is 141 Å². The third-order valence-corrected chi connectivity index (χ3v) is 11.8. The Morgan fingerprint density at radius 2 is 1.40 bits per heavy atom. The fraction of sp³-hybridized carbons (Fsp3) is 0.184. The Hall–Kier alpha value is -6.44.